The van der Waals surface area contributed by atoms with E-state index in [4.69, 9.17) is 0 Å². The molecule has 2 bridgehead atoms. The van der Waals surface area contributed by atoms with Gasteiger partial charge in [-0.25, -0.2) is 0 Å². The lowest BCUT2D eigenvalue weighted by atomic mass is 9.51. The van der Waals surface area contributed by atoms with Crippen molar-refractivity contribution < 1.29 is 9.90 Å². The summed E-state index contributed by atoms with van der Waals surface area (Å²) in [6, 6.07) is 5.93. The third kappa shape index (κ3) is 2.19. The molecular formula is C23H29N3O2. The lowest BCUT2D eigenvalue weighted by Gasteiger charge is -2.60. The number of phenolic OH excluding ortho intramolecular Hbond substituents is 1. The summed E-state index contributed by atoms with van der Waals surface area (Å²) < 4.78 is 0. The number of aromatic hydroxyl groups is 1. The van der Waals surface area contributed by atoms with Crippen molar-refractivity contribution in [3.63, 3.8) is 0 Å². The molecule has 2 heterocycles. The van der Waals surface area contributed by atoms with Crippen LogP contribution in [0.3, 0.4) is 0 Å². The number of nitrogens with zero attached hydrogens (tertiary/aromatic N) is 2. The maximum absolute atomic E-state index is 13.6. The zero-order chi connectivity index (χ0) is 19.7. The molecule has 2 N–H and O–H groups in total. The topological polar surface area (TPSA) is 69.2 Å². The number of carbonyl (C=O) groups excluding carboxylic acids is 1. The molecule has 1 aromatic heterocycles. The van der Waals surface area contributed by atoms with Crippen LogP contribution in [0.4, 0.5) is 0 Å². The second-order valence-corrected chi connectivity index (χ2v) is 9.56. The summed E-state index contributed by atoms with van der Waals surface area (Å²) in [5, 5.41) is 18.1. The molecule has 1 saturated heterocycles. The molecule has 2 aromatic rings. The van der Waals surface area contributed by atoms with Crippen molar-refractivity contribution in [1.82, 2.24) is 15.1 Å². The SMILES string of the molecule is CC1(C)[C@H]2Cc3c(O)cccc3[C@]1(C)CCN2C(=O)c1n[nH]c2c1CCCC2. The Kier molecular flexibility index (Phi) is 3.71. The van der Waals surface area contributed by atoms with Gasteiger partial charge in [-0.15, -0.1) is 0 Å². The Labute approximate surface area is 166 Å². The molecule has 1 aliphatic heterocycles. The number of likely N-dealkylation sites (tertiary alicyclic amines) is 1. The maximum atomic E-state index is 13.6. The molecule has 28 heavy (non-hydrogen) atoms. The number of fused-ring (bicyclic) bond motifs is 5. The van der Waals surface area contributed by atoms with Crippen LogP contribution in [0.1, 0.15) is 72.9 Å². The number of aromatic nitrogens is 2. The summed E-state index contributed by atoms with van der Waals surface area (Å²) in [7, 11) is 0. The van der Waals surface area contributed by atoms with Crippen molar-refractivity contribution in [3.05, 3.63) is 46.3 Å². The Morgan fingerprint density at radius 2 is 2.00 bits per heavy atom. The van der Waals surface area contributed by atoms with Gasteiger partial charge >= 0.3 is 0 Å². The first kappa shape index (κ1) is 17.8. The van der Waals surface area contributed by atoms with Crippen LogP contribution in [0.25, 0.3) is 0 Å². The average molecular weight is 380 g/mol. The van der Waals surface area contributed by atoms with Crippen molar-refractivity contribution in [3.8, 4) is 5.75 Å². The molecule has 1 amide bonds. The van der Waals surface area contributed by atoms with Gasteiger partial charge in [-0.05, 0) is 61.1 Å². The van der Waals surface area contributed by atoms with Crippen LogP contribution in [0.2, 0.25) is 0 Å². The van der Waals surface area contributed by atoms with Crippen molar-refractivity contribution in [2.45, 2.75) is 70.8 Å². The number of hydrogen-bond acceptors (Lipinski definition) is 3. The van der Waals surface area contributed by atoms with E-state index in [1.807, 2.05) is 11.0 Å². The van der Waals surface area contributed by atoms with Gasteiger partial charge in [-0.1, -0.05) is 32.9 Å². The van der Waals surface area contributed by atoms with Gasteiger partial charge in [0.25, 0.3) is 5.91 Å². The van der Waals surface area contributed by atoms with Gasteiger partial charge in [-0.2, -0.15) is 5.10 Å². The number of phenols is 1. The second kappa shape index (κ2) is 5.85. The summed E-state index contributed by atoms with van der Waals surface area (Å²) in [6.07, 6.45) is 5.81. The van der Waals surface area contributed by atoms with Crippen molar-refractivity contribution in [2.75, 3.05) is 6.54 Å². The summed E-state index contributed by atoms with van der Waals surface area (Å²) in [5.74, 6) is 0.411. The molecule has 1 fully saturated rings. The first-order valence-electron chi connectivity index (χ1n) is 10.5. The minimum absolute atomic E-state index is 0.0514. The van der Waals surface area contributed by atoms with E-state index in [0.29, 0.717) is 17.9 Å². The number of benzene rings is 1. The molecular weight excluding hydrogens is 350 g/mol. The molecule has 5 rings (SSSR count). The minimum atomic E-state index is -0.0852. The molecule has 1 aromatic carbocycles. The van der Waals surface area contributed by atoms with Gasteiger partial charge < -0.3 is 10.0 Å². The number of carbonyl (C=O) groups is 1. The Morgan fingerprint density at radius 1 is 1.21 bits per heavy atom. The largest absolute Gasteiger partial charge is 0.508 e. The van der Waals surface area contributed by atoms with E-state index >= 15 is 0 Å². The van der Waals surface area contributed by atoms with Crippen LogP contribution in [-0.4, -0.2) is 38.7 Å². The first-order valence-corrected chi connectivity index (χ1v) is 10.5. The van der Waals surface area contributed by atoms with Crippen LogP contribution < -0.4 is 0 Å². The molecule has 2 atom stereocenters. The number of nitrogens with one attached hydrogen (secondary N) is 1. The van der Waals surface area contributed by atoms with E-state index in [0.717, 1.165) is 55.5 Å². The van der Waals surface area contributed by atoms with Crippen LogP contribution in [0.15, 0.2) is 18.2 Å². The van der Waals surface area contributed by atoms with Crippen molar-refractivity contribution in [1.29, 1.82) is 0 Å². The molecule has 0 saturated carbocycles. The number of hydrogen-bond donors (Lipinski definition) is 2. The highest BCUT2D eigenvalue weighted by molar-refractivity contribution is 5.94. The number of rotatable bonds is 1. The number of aromatic amines is 1. The van der Waals surface area contributed by atoms with E-state index in [-0.39, 0.29) is 22.8 Å². The van der Waals surface area contributed by atoms with E-state index in [1.165, 1.54) is 5.56 Å². The molecule has 5 nitrogen and oxygen atoms in total. The molecule has 0 unspecified atom stereocenters. The smallest absolute Gasteiger partial charge is 0.274 e. The van der Waals surface area contributed by atoms with E-state index in [1.54, 1.807) is 6.07 Å². The number of piperidine rings is 1. The summed E-state index contributed by atoms with van der Waals surface area (Å²) >= 11 is 0. The summed E-state index contributed by atoms with van der Waals surface area (Å²) in [5.41, 5.74) is 5.00. The zero-order valence-corrected chi connectivity index (χ0v) is 17.0. The molecule has 0 spiro atoms. The predicted molar refractivity (Wildman–Crippen MR) is 108 cm³/mol. The fourth-order valence-corrected chi connectivity index (χ4v) is 5.96. The van der Waals surface area contributed by atoms with Crippen molar-refractivity contribution in [2.24, 2.45) is 5.41 Å². The van der Waals surface area contributed by atoms with Gasteiger partial charge in [0.05, 0.1) is 0 Å². The lowest BCUT2D eigenvalue weighted by Crippen LogP contribution is -2.65. The van der Waals surface area contributed by atoms with E-state index < -0.39 is 0 Å². The normalized spacial score (nSPS) is 27.8. The van der Waals surface area contributed by atoms with E-state index in [9.17, 15) is 9.90 Å². The average Bonchev–Trinajstić information content (AvgIpc) is 3.09. The Morgan fingerprint density at radius 3 is 2.82 bits per heavy atom. The van der Waals surface area contributed by atoms with Gasteiger partial charge in [-0.3, -0.25) is 9.89 Å². The molecule has 148 valence electrons. The van der Waals surface area contributed by atoms with Crippen LogP contribution in [0.5, 0.6) is 5.75 Å². The first-order chi connectivity index (χ1) is 13.3. The zero-order valence-electron chi connectivity index (χ0n) is 17.0. The Bertz CT molecular complexity index is 961. The summed E-state index contributed by atoms with van der Waals surface area (Å²) in [6.45, 7) is 7.60. The molecule has 2 aliphatic carbocycles. The second-order valence-electron chi connectivity index (χ2n) is 9.56. The fourth-order valence-electron chi connectivity index (χ4n) is 5.96. The standard InChI is InChI=1S/C23H29N3O2/c1-22(2)19-13-15-16(8-6-10-18(15)27)23(22,3)11-12-26(19)21(28)20-14-7-4-5-9-17(14)24-25-20/h6,8,10,19,27H,4-5,7,9,11-13H2,1-3H3,(H,24,25)/t19-,23+/m1/s1. The molecule has 5 heteroatoms. The van der Waals surface area contributed by atoms with Crippen LogP contribution in [-0.2, 0) is 24.7 Å². The van der Waals surface area contributed by atoms with Gasteiger partial charge in [0, 0.05) is 29.3 Å². The van der Waals surface area contributed by atoms with E-state index in [2.05, 4.69) is 37.0 Å². The monoisotopic (exact) mass is 379 g/mol. The minimum Gasteiger partial charge on any atom is -0.508 e. The predicted octanol–water partition coefficient (Wildman–Crippen LogP) is 3.75. The number of aryl methyl sites for hydroxylation is 1. The Balaban J connectivity index is 1.57. The van der Waals surface area contributed by atoms with Crippen LogP contribution >= 0.6 is 0 Å². The van der Waals surface area contributed by atoms with Gasteiger partial charge in [0.1, 0.15) is 5.75 Å². The fraction of sp³-hybridized carbons (Fsp3) is 0.565. The molecule has 3 aliphatic rings. The lowest BCUT2D eigenvalue weighted by molar-refractivity contribution is -0.0269. The Hall–Kier alpha value is -2.30. The highest BCUT2D eigenvalue weighted by Crippen LogP contribution is 2.57. The van der Waals surface area contributed by atoms with Gasteiger partial charge in [0.15, 0.2) is 5.69 Å². The van der Waals surface area contributed by atoms with Crippen LogP contribution in [0, 0.1) is 5.41 Å². The maximum Gasteiger partial charge on any atom is 0.274 e. The van der Waals surface area contributed by atoms with Crippen molar-refractivity contribution >= 4 is 5.91 Å². The molecule has 0 radical (unpaired) electrons. The number of H-pyrrole nitrogens is 1. The third-order valence-electron chi connectivity index (χ3n) is 8.15. The summed E-state index contributed by atoms with van der Waals surface area (Å²) in [4.78, 5) is 15.6. The number of amides is 1. The highest BCUT2D eigenvalue weighted by Gasteiger charge is 2.57. The third-order valence-corrected chi connectivity index (χ3v) is 8.15. The van der Waals surface area contributed by atoms with Gasteiger partial charge in [0.2, 0.25) is 0 Å². The highest BCUT2D eigenvalue weighted by atomic mass is 16.3. The quantitative estimate of drug-likeness (QED) is 0.793.